The highest BCUT2D eigenvalue weighted by Gasteiger charge is 2.33. The Morgan fingerprint density at radius 3 is 2.50 bits per heavy atom. The van der Waals surface area contributed by atoms with Crippen molar-refractivity contribution in [3.8, 4) is 0 Å². The monoisotopic (exact) mass is 240 g/mol. The van der Waals surface area contributed by atoms with E-state index in [1.54, 1.807) is 0 Å². The summed E-state index contributed by atoms with van der Waals surface area (Å²) in [6.07, 6.45) is -2.01. The number of hydrogen-bond donors (Lipinski definition) is 0. The number of nitrogens with zero attached hydrogens (tertiary/aromatic N) is 1. The van der Waals surface area contributed by atoms with Gasteiger partial charge in [-0.25, -0.2) is 0 Å². The summed E-state index contributed by atoms with van der Waals surface area (Å²) in [5, 5.41) is 10.5. The zero-order chi connectivity index (χ0) is 9.35. The Balaban J connectivity index is 3.18. The minimum atomic E-state index is -4.50. The van der Waals surface area contributed by atoms with Gasteiger partial charge in [-0.1, -0.05) is 0 Å². The van der Waals surface area contributed by atoms with Crippen molar-refractivity contribution in [2.45, 2.75) is 6.18 Å². The first-order chi connectivity index (χ1) is 5.39. The minimum absolute atomic E-state index is 0.0209. The summed E-state index contributed by atoms with van der Waals surface area (Å²) < 4.78 is 35.8. The first-order valence-corrected chi connectivity index (χ1v) is 3.58. The van der Waals surface area contributed by atoms with Crippen LogP contribution in [-0.2, 0) is 6.18 Å². The van der Waals surface area contributed by atoms with E-state index < -0.39 is 11.7 Å². The fraction of sp³-hybridized carbons (Fsp3) is 0.167. The second kappa shape index (κ2) is 2.93. The Hall–Kier alpha value is -0.780. The molecule has 65 valence electrons. The third-order valence-electron chi connectivity index (χ3n) is 1.08. The molecule has 0 aliphatic heterocycles. The van der Waals surface area contributed by atoms with Crippen LogP contribution < -0.4 is 4.73 Å². The third kappa shape index (κ3) is 2.10. The fourth-order valence-corrected chi connectivity index (χ4v) is 1.05. The maximum Gasteiger partial charge on any atom is 0.422 e. The summed E-state index contributed by atoms with van der Waals surface area (Å²) >= 11 is 2.73. The van der Waals surface area contributed by atoms with Gasteiger partial charge < -0.3 is 5.21 Å². The molecule has 12 heavy (non-hydrogen) atoms. The summed E-state index contributed by atoms with van der Waals surface area (Å²) in [5.41, 5.74) is -0.997. The van der Waals surface area contributed by atoms with Crippen molar-refractivity contribution in [1.29, 1.82) is 0 Å². The van der Waals surface area contributed by atoms with Gasteiger partial charge in [0.1, 0.15) is 5.56 Å². The van der Waals surface area contributed by atoms with Crippen molar-refractivity contribution < 1.29 is 17.9 Å². The SMILES string of the molecule is [O-][n+]1[c]c(Br)cc(C(F)(F)F)c1. The Bertz CT molecular complexity index is 279. The van der Waals surface area contributed by atoms with Crippen molar-refractivity contribution in [2.24, 2.45) is 0 Å². The molecule has 2 nitrogen and oxygen atoms in total. The highest BCUT2D eigenvalue weighted by Crippen LogP contribution is 2.29. The minimum Gasteiger partial charge on any atom is -0.618 e. The molecule has 0 aliphatic rings. The highest BCUT2D eigenvalue weighted by molar-refractivity contribution is 9.10. The van der Waals surface area contributed by atoms with E-state index in [-0.39, 0.29) is 9.20 Å². The van der Waals surface area contributed by atoms with Crippen LogP contribution in [0.1, 0.15) is 5.56 Å². The summed E-state index contributed by atoms with van der Waals surface area (Å²) in [7, 11) is 0. The largest absolute Gasteiger partial charge is 0.618 e. The molecular weight excluding hydrogens is 239 g/mol. The Kier molecular flexibility index (Phi) is 2.27. The van der Waals surface area contributed by atoms with E-state index in [1.165, 1.54) is 0 Å². The van der Waals surface area contributed by atoms with Crippen LogP contribution in [0.5, 0.6) is 0 Å². The number of aromatic nitrogens is 1. The molecule has 1 aromatic heterocycles. The molecule has 0 saturated heterocycles. The van der Waals surface area contributed by atoms with Crippen molar-refractivity contribution in [3.63, 3.8) is 0 Å². The van der Waals surface area contributed by atoms with E-state index in [2.05, 4.69) is 22.1 Å². The predicted molar refractivity (Wildman–Crippen MR) is 36.9 cm³/mol. The van der Waals surface area contributed by atoms with Crippen LogP contribution in [0.4, 0.5) is 13.2 Å². The van der Waals surface area contributed by atoms with Gasteiger partial charge in [0.15, 0.2) is 6.20 Å². The van der Waals surface area contributed by atoms with Crippen LogP contribution in [0.3, 0.4) is 0 Å². The molecule has 0 spiro atoms. The molecule has 0 saturated carbocycles. The molecule has 0 fully saturated rings. The number of alkyl halides is 3. The molecule has 1 radical (unpaired) electrons. The third-order valence-corrected chi connectivity index (χ3v) is 1.49. The lowest BCUT2D eigenvalue weighted by Gasteiger charge is -2.04. The lowest BCUT2D eigenvalue weighted by Crippen LogP contribution is -2.28. The number of pyridine rings is 1. The average Bonchev–Trinajstić information content (AvgIpc) is 1.82. The lowest BCUT2D eigenvalue weighted by atomic mass is 10.3. The zero-order valence-electron chi connectivity index (χ0n) is 5.52. The van der Waals surface area contributed by atoms with Crippen molar-refractivity contribution >= 4 is 15.9 Å². The fourth-order valence-electron chi connectivity index (χ4n) is 0.625. The molecule has 0 unspecified atom stereocenters. The van der Waals surface area contributed by atoms with Gasteiger partial charge in [-0.05, 0) is 22.0 Å². The molecule has 0 bridgehead atoms. The molecule has 1 heterocycles. The van der Waals surface area contributed by atoms with Gasteiger partial charge in [0.25, 0.3) is 0 Å². The Morgan fingerprint density at radius 1 is 1.50 bits per heavy atom. The molecule has 1 rings (SSSR count). The smallest absolute Gasteiger partial charge is 0.422 e. The molecule has 0 N–H and O–H groups in total. The molecular formula is C6H2BrF3NO. The number of halogens is 4. The predicted octanol–water partition coefficient (Wildman–Crippen LogP) is 1.90. The van der Waals surface area contributed by atoms with Gasteiger partial charge in [-0.15, -0.1) is 0 Å². The number of rotatable bonds is 0. The summed E-state index contributed by atoms with van der Waals surface area (Å²) in [5.74, 6) is 0. The van der Waals surface area contributed by atoms with Crippen molar-refractivity contribution in [1.82, 2.24) is 0 Å². The zero-order valence-corrected chi connectivity index (χ0v) is 7.11. The Morgan fingerprint density at radius 2 is 2.08 bits per heavy atom. The maximum absolute atomic E-state index is 12.0. The van der Waals surface area contributed by atoms with Crippen molar-refractivity contribution in [3.05, 3.63) is 33.7 Å². The standard InChI is InChI=1S/C6H2BrF3NO/c7-5-1-4(6(8,9)10)2-11(12)3-5/h1-2H. The van der Waals surface area contributed by atoms with E-state index >= 15 is 0 Å². The molecule has 0 aromatic carbocycles. The normalized spacial score (nSPS) is 11.7. The maximum atomic E-state index is 12.0. The second-order valence-corrected chi connectivity index (χ2v) is 2.87. The van der Waals surface area contributed by atoms with Crippen LogP contribution in [-0.4, -0.2) is 0 Å². The first kappa shape index (κ1) is 9.31. The average molecular weight is 241 g/mol. The quantitative estimate of drug-likeness (QED) is 0.503. The molecule has 0 atom stereocenters. The second-order valence-electron chi connectivity index (χ2n) is 2.01. The highest BCUT2D eigenvalue weighted by atomic mass is 79.9. The topological polar surface area (TPSA) is 26.9 Å². The summed E-state index contributed by atoms with van der Waals surface area (Å²) in [6.45, 7) is 0. The van der Waals surface area contributed by atoms with Crippen molar-refractivity contribution in [2.75, 3.05) is 0 Å². The van der Waals surface area contributed by atoms with Gasteiger partial charge in [0.05, 0.1) is 4.47 Å². The number of hydrogen-bond acceptors (Lipinski definition) is 1. The van der Waals surface area contributed by atoms with Crippen LogP contribution in [0.25, 0.3) is 0 Å². The van der Waals surface area contributed by atoms with Gasteiger partial charge in [0.2, 0.25) is 0 Å². The van der Waals surface area contributed by atoms with Gasteiger partial charge in [0, 0.05) is 0 Å². The molecule has 0 aliphatic carbocycles. The Labute approximate surface area is 74.3 Å². The molecule has 1 aromatic rings. The van der Waals surface area contributed by atoms with Crippen LogP contribution in [0, 0.1) is 11.4 Å². The summed E-state index contributed by atoms with van der Waals surface area (Å²) in [4.78, 5) is 0. The summed E-state index contributed by atoms with van der Waals surface area (Å²) in [6, 6.07) is 0.786. The molecule has 0 amide bonds. The van der Waals surface area contributed by atoms with Crippen LogP contribution >= 0.6 is 15.9 Å². The van der Waals surface area contributed by atoms with E-state index in [0.717, 1.165) is 6.07 Å². The first-order valence-electron chi connectivity index (χ1n) is 2.79. The lowest BCUT2D eigenvalue weighted by molar-refractivity contribution is -0.611. The van der Waals surface area contributed by atoms with Gasteiger partial charge in [-0.3, -0.25) is 0 Å². The van der Waals surface area contributed by atoms with E-state index in [1.807, 2.05) is 0 Å². The van der Waals surface area contributed by atoms with Gasteiger partial charge in [-0.2, -0.15) is 17.9 Å². The van der Waals surface area contributed by atoms with E-state index in [4.69, 9.17) is 0 Å². The molecule has 6 heteroatoms. The van der Waals surface area contributed by atoms with Crippen LogP contribution in [0.2, 0.25) is 0 Å². The van der Waals surface area contributed by atoms with Gasteiger partial charge >= 0.3 is 12.4 Å². The van der Waals surface area contributed by atoms with E-state index in [9.17, 15) is 18.4 Å². The van der Waals surface area contributed by atoms with Crippen LogP contribution in [0.15, 0.2) is 16.7 Å². The van der Waals surface area contributed by atoms with E-state index in [0.29, 0.717) is 6.20 Å².